The standard InChI is InChI=1S/C28H31N2OSi.C27H28NOSi.C26H27N2OSi/c1-16-13-23-21-11-9-18(3)29-28(21)31-27(23)26(19(16)4)25-14-17(2)22-15-20(32(6,7)8)10-12-24(22)30(25)5;1-17-13-23-20-9-7-8-10-26(20)29-27(23)16-22(17)25-14-18(2)21-15-19(30(4,5)6)11-12-24(21)28(25)3;1-15-12-21-19-8-7-11-27-26(19)29-25(21)24(17(15)3)23-13-16(2)20-14-18(30(5)6)9-10-22(20)28(23)4/h9-15H,1-8H3;7-16H,1-6H3;7-14,30H,1-6H3/q3*+1. The van der Waals surface area contributed by atoms with Crippen LogP contribution in [0.1, 0.15) is 50.2 Å². The number of hydrogen-bond acceptors (Lipinski definition) is 5. The second-order valence-corrected chi connectivity index (χ2v) is 41.6. The molecule has 0 aliphatic heterocycles. The average molecular weight is 1260 g/mol. The zero-order valence-electron chi connectivity index (χ0n) is 57.5. The monoisotopic (exact) mass is 1260 g/mol. The summed E-state index contributed by atoms with van der Waals surface area (Å²) in [6.45, 7) is 38.8. The van der Waals surface area contributed by atoms with Crippen LogP contribution in [0.3, 0.4) is 0 Å². The van der Waals surface area contributed by atoms with Crippen molar-refractivity contribution in [3.63, 3.8) is 0 Å². The van der Waals surface area contributed by atoms with Gasteiger partial charge in [-0.25, -0.2) is 9.97 Å². The van der Waals surface area contributed by atoms with E-state index in [1.54, 1.807) is 6.20 Å². The predicted molar refractivity (Wildman–Crippen MR) is 396 cm³/mol. The molecule has 8 heterocycles. The molecule has 0 aliphatic rings. The fraction of sp³-hybridized carbons (Fsp3) is 0.247. The Morgan fingerprint density at radius 2 is 0.859 bits per heavy atom. The summed E-state index contributed by atoms with van der Waals surface area (Å²) in [6, 6.07) is 53.5. The molecular weight excluding hydrogens is 1180 g/mol. The van der Waals surface area contributed by atoms with Crippen molar-refractivity contribution in [2.45, 2.75) is 115 Å². The SMILES string of the molecule is Cc1cc2c(cc1-c1cc(C)c3cc([Si](C)(C)C)ccc3[n+]1C)oc1ccccc12.Cc1cc2c(oc3ncccc32)c(-c2cc(C)c3cc([SiH](C)C)ccc3[n+]2C)c1C.Cc1ccc2c(n1)oc1c(-c3cc(C)c4cc([Si](C)(C)C)ccc4[n+]3C)c(C)c(C)cc12. The largest absolute Gasteiger partial charge is 0.456 e. The summed E-state index contributed by atoms with van der Waals surface area (Å²) < 4.78 is 25.9. The lowest BCUT2D eigenvalue weighted by molar-refractivity contribution is -0.633. The number of aryl methyl sites for hydroxylation is 10. The van der Waals surface area contributed by atoms with E-state index in [0.29, 0.717) is 11.4 Å². The molecule has 0 saturated carbocycles. The maximum absolute atomic E-state index is 6.41. The van der Waals surface area contributed by atoms with Gasteiger partial charge in [0.25, 0.3) is 0 Å². The molecule has 462 valence electrons. The highest BCUT2D eigenvalue weighted by molar-refractivity contribution is 6.89. The molecule has 0 radical (unpaired) electrons. The van der Waals surface area contributed by atoms with Gasteiger partial charge in [0.15, 0.2) is 11.2 Å². The lowest BCUT2D eigenvalue weighted by atomic mass is 9.95. The molecule has 7 aromatic carbocycles. The first kappa shape index (κ1) is 62.0. The van der Waals surface area contributed by atoms with Crippen LogP contribution >= 0.6 is 0 Å². The number of para-hydroxylation sites is 1. The zero-order chi connectivity index (χ0) is 65.3. The molecule has 0 amide bonds. The van der Waals surface area contributed by atoms with Crippen molar-refractivity contribution in [2.75, 3.05) is 0 Å². The third-order valence-electron chi connectivity index (χ3n) is 19.8. The van der Waals surface area contributed by atoms with Crippen LogP contribution in [0.4, 0.5) is 0 Å². The molecule has 15 aromatic rings. The molecule has 92 heavy (non-hydrogen) atoms. The minimum Gasteiger partial charge on any atom is -0.456 e. The van der Waals surface area contributed by atoms with E-state index in [1.165, 1.54) is 126 Å². The van der Waals surface area contributed by atoms with E-state index >= 15 is 0 Å². The Morgan fingerprint density at radius 1 is 0.380 bits per heavy atom. The Kier molecular flexibility index (Phi) is 15.5. The summed E-state index contributed by atoms with van der Waals surface area (Å²) in [7, 11) is 2.95. The highest BCUT2D eigenvalue weighted by atomic mass is 28.3. The van der Waals surface area contributed by atoms with Crippen LogP contribution in [0.15, 0.2) is 165 Å². The summed E-state index contributed by atoms with van der Waals surface area (Å²) in [4.78, 5) is 9.12. The van der Waals surface area contributed by atoms with Crippen LogP contribution in [0.25, 0.3) is 133 Å². The van der Waals surface area contributed by atoms with Crippen LogP contribution in [-0.4, -0.2) is 34.9 Å². The predicted octanol–water partition coefficient (Wildman–Crippen LogP) is 18.0. The Labute approximate surface area is 544 Å². The van der Waals surface area contributed by atoms with Crippen LogP contribution in [0, 0.1) is 62.3 Å². The molecule has 0 spiro atoms. The maximum Gasteiger partial charge on any atom is 0.227 e. The van der Waals surface area contributed by atoms with Crippen molar-refractivity contribution >= 4 is 139 Å². The molecule has 0 atom stereocenters. The van der Waals surface area contributed by atoms with Gasteiger partial charge in [0, 0.05) is 96.8 Å². The van der Waals surface area contributed by atoms with Crippen molar-refractivity contribution in [1.29, 1.82) is 0 Å². The topological polar surface area (TPSA) is 76.8 Å². The Hall–Kier alpha value is -8.88. The van der Waals surface area contributed by atoms with E-state index in [4.69, 9.17) is 13.3 Å². The van der Waals surface area contributed by atoms with E-state index in [9.17, 15) is 0 Å². The van der Waals surface area contributed by atoms with Gasteiger partial charge in [-0.05, 0) is 180 Å². The summed E-state index contributed by atoms with van der Waals surface area (Å²) >= 11 is 0. The van der Waals surface area contributed by atoms with E-state index in [0.717, 1.165) is 60.7 Å². The quantitative estimate of drug-likeness (QED) is 0.122. The van der Waals surface area contributed by atoms with Crippen molar-refractivity contribution in [3.8, 4) is 33.8 Å². The lowest BCUT2D eigenvalue weighted by Crippen LogP contribution is -2.39. The van der Waals surface area contributed by atoms with Crippen LogP contribution < -0.4 is 29.3 Å². The summed E-state index contributed by atoms with van der Waals surface area (Å²) in [5.74, 6) is 0. The Morgan fingerprint density at radius 3 is 1.41 bits per heavy atom. The summed E-state index contributed by atoms with van der Waals surface area (Å²) in [5.41, 5.74) is 27.3. The van der Waals surface area contributed by atoms with Crippen molar-refractivity contribution < 1.29 is 27.0 Å². The molecule has 8 nitrogen and oxygen atoms in total. The molecule has 8 aromatic heterocycles. The first-order chi connectivity index (χ1) is 43.7. The van der Waals surface area contributed by atoms with Crippen LogP contribution in [0.5, 0.6) is 0 Å². The highest BCUT2D eigenvalue weighted by Crippen LogP contribution is 2.41. The fourth-order valence-corrected chi connectivity index (χ4v) is 17.2. The first-order valence-electron chi connectivity index (χ1n) is 32.5. The van der Waals surface area contributed by atoms with E-state index in [2.05, 4.69) is 280 Å². The van der Waals surface area contributed by atoms with Crippen LogP contribution in [0.2, 0.25) is 52.4 Å². The van der Waals surface area contributed by atoms with Gasteiger partial charge in [-0.2, -0.15) is 13.7 Å². The fourth-order valence-electron chi connectivity index (χ4n) is 13.9. The number of pyridine rings is 5. The van der Waals surface area contributed by atoms with Gasteiger partial charge in [0.2, 0.25) is 45.1 Å². The van der Waals surface area contributed by atoms with Gasteiger partial charge in [-0.15, -0.1) is 0 Å². The third kappa shape index (κ3) is 10.7. The number of nitrogens with zero attached hydrogens (tertiary/aromatic N) is 5. The molecule has 11 heteroatoms. The number of fused-ring (bicyclic) bond motifs is 12. The minimum atomic E-state index is -1.38. The van der Waals surface area contributed by atoms with E-state index in [1.807, 2.05) is 25.1 Å². The number of benzene rings is 7. The highest BCUT2D eigenvalue weighted by Gasteiger charge is 2.29. The molecule has 0 fully saturated rings. The van der Waals surface area contributed by atoms with Gasteiger partial charge in [-0.1, -0.05) is 104 Å². The lowest BCUT2D eigenvalue weighted by Gasteiger charge is -2.17. The normalized spacial score (nSPS) is 12.2. The van der Waals surface area contributed by atoms with Crippen molar-refractivity contribution in [2.24, 2.45) is 21.1 Å². The minimum absolute atomic E-state index is 0.699. The van der Waals surface area contributed by atoms with E-state index in [-0.39, 0.29) is 0 Å². The van der Waals surface area contributed by atoms with Crippen molar-refractivity contribution in [1.82, 2.24) is 9.97 Å². The van der Waals surface area contributed by atoms with E-state index < -0.39 is 24.9 Å². The second kappa shape index (κ2) is 23.0. The number of hydrogen-bond donors (Lipinski definition) is 0. The molecule has 15 rings (SSSR count). The first-order valence-corrected chi connectivity index (χ1v) is 42.4. The van der Waals surface area contributed by atoms with Gasteiger partial charge >= 0.3 is 0 Å². The summed E-state index contributed by atoms with van der Waals surface area (Å²) in [6.07, 6.45) is 1.79. The van der Waals surface area contributed by atoms with Gasteiger partial charge in [0.05, 0.1) is 41.6 Å². The van der Waals surface area contributed by atoms with Crippen molar-refractivity contribution in [3.05, 3.63) is 202 Å². The third-order valence-corrected chi connectivity index (χ3v) is 25.6. The molecule has 0 unspecified atom stereocenters. The summed E-state index contributed by atoms with van der Waals surface area (Å²) in [5, 5.41) is 15.3. The smallest absolute Gasteiger partial charge is 0.227 e. The molecule has 0 bridgehead atoms. The van der Waals surface area contributed by atoms with Crippen LogP contribution in [-0.2, 0) is 21.1 Å². The zero-order valence-corrected chi connectivity index (χ0v) is 60.6. The number of aromatic nitrogens is 5. The molecular formula is C81H86N5O3Si3+3. The van der Waals surface area contributed by atoms with Gasteiger partial charge < -0.3 is 13.3 Å². The second-order valence-electron chi connectivity index (χ2n) is 28.5. The molecule has 0 aliphatic carbocycles. The maximum atomic E-state index is 6.41. The van der Waals surface area contributed by atoms with Gasteiger partial charge in [0.1, 0.15) is 32.3 Å². The molecule has 0 N–H and O–H groups in total. The van der Waals surface area contributed by atoms with Gasteiger partial charge in [-0.3, -0.25) is 0 Å². The Bertz CT molecular complexity index is 5560. The average Bonchev–Trinajstić information content (AvgIpc) is 1.40. The number of furan rings is 3. The number of rotatable bonds is 6. The Balaban J connectivity index is 0.000000126. The molecule has 0 saturated heterocycles.